The number of nitrogens with zero attached hydrogens (tertiary/aromatic N) is 3. The lowest BCUT2D eigenvalue weighted by Crippen LogP contribution is -2.47. The van der Waals surface area contributed by atoms with Crippen molar-refractivity contribution in [2.45, 2.75) is 44.7 Å². The normalized spacial score (nSPS) is 28.2. The number of hydrogen-bond donors (Lipinski definition) is 0. The molecule has 0 saturated carbocycles. The highest BCUT2D eigenvalue weighted by molar-refractivity contribution is 7.11. The highest BCUT2D eigenvalue weighted by atomic mass is 32.1. The quantitative estimate of drug-likeness (QED) is 0.832. The van der Waals surface area contributed by atoms with Gasteiger partial charge in [0.05, 0.1) is 11.2 Å². The van der Waals surface area contributed by atoms with Crippen LogP contribution in [0.2, 0.25) is 0 Å². The van der Waals surface area contributed by atoms with Crippen molar-refractivity contribution in [1.29, 1.82) is 0 Å². The number of likely N-dealkylation sites (tertiary alicyclic amines) is 2. The number of carbonyl (C=O) groups is 1. The Morgan fingerprint density at radius 3 is 2.68 bits per heavy atom. The van der Waals surface area contributed by atoms with Crippen molar-refractivity contribution in [2.75, 3.05) is 20.1 Å². The van der Waals surface area contributed by atoms with Gasteiger partial charge >= 0.3 is 0 Å². The maximum absolute atomic E-state index is 12.7. The molecule has 0 N–H and O–H groups in total. The Kier molecular flexibility index (Phi) is 3.58. The van der Waals surface area contributed by atoms with E-state index in [9.17, 15) is 4.79 Å². The molecular formula is C14H21N3OS. The van der Waals surface area contributed by atoms with E-state index in [2.05, 4.69) is 21.8 Å². The number of amides is 1. The molecule has 1 aromatic heterocycles. The summed E-state index contributed by atoms with van der Waals surface area (Å²) in [7, 11) is 2.19. The standard InChI is InChI=1S/C14H21N3OS/c1-10-13(19-9-15-10)14(18)17-8-4-6-12(17)11-5-3-7-16(11)2/h9,11-12H,3-8H2,1-2H3/t11-,12-/m0/s1. The number of likely N-dealkylation sites (N-methyl/N-ethyl adjacent to an activating group) is 1. The van der Waals surface area contributed by atoms with Gasteiger partial charge in [0.25, 0.3) is 5.91 Å². The Labute approximate surface area is 118 Å². The van der Waals surface area contributed by atoms with Gasteiger partial charge in [0, 0.05) is 18.6 Å². The highest BCUT2D eigenvalue weighted by Gasteiger charge is 2.39. The summed E-state index contributed by atoms with van der Waals surface area (Å²) in [5.74, 6) is 0.197. The van der Waals surface area contributed by atoms with Crippen LogP contribution in [-0.4, -0.2) is 52.9 Å². The van der Waals surface area contributed by atoms with E-state index < -0.39 is 0 Å². The molecule has 0 unspecified atom stereocenters. The largest absolute Gasteiger partial charge is 0.333 e. The average molecular weight is 279 g/mol. The molecule has 104 valence electrons. The van der Waals surface area contributed by atoms with E-state index in [4.69, 9.17) is 0 Å². The molecular weight excluding hydrogens is 258 g/mol. The highest BCUT2D eigenvalue weighted by Crippen LogP contribution is 2.31. The van der Waals surface area contributed by atoms with E-state index in [1.807, 2.05) is 6.92 Å². The molecule has 5 heteroatoms. The van der Waals surface area contributed by atoms with Gasteiger partial charge in [-0.25, -0.2) is 4.98 Å². The van der Waals surface area contributed by atoms with E-state index in [1.54, 1.807) is 5.51 Å². The second kappa shape index (κ2) is 5.21. The molecule has 2 aliphatic heterocycles. The van der Waals surface area contributed by atoms with Gasteiger partial charge in [0.2, 0.25) is 0 Å². The third kappa shape index (κ3) is 2.30. The van der Waals surface area contributed by atoms with Crippen LogP contribution in [0, 0.1) is 6.92 Å². The predicted molar refractivity (Wildman–Crippen MR) is 76.6 cm³/mol. The second-order valence-electron chi connectivity index (χ2n) is 5.67. The number of aryl methyl sites for hydroxylation is 1. The molecule has 0 spiro atoms. The molecule has 19 heavy (non-hydrogen) atoms. The number of thiazole rings is 1. The van der Waals surface area contributed by atoms with Crippen LogP contribution < -0.4 is 0 Å². The number of carbonyl (C=O) groups excluding carboxylic acids is 1. The fourth-order valence-electron chi connectivity index (χ4n) is 3.50. The van der Waals surface area contributed by atoms with Gasteiger partial charge in [0.15, 0.2) is 0 Å². The molecule has 2 saturated heterocycles. The third-order valence-electron chi connectivity index (χ3n) is 4.52. The number of rotatable bonds is 2. The van der Waals surface area contributed by atoms with Gasteiger partial charge in [-0.15, -0.1) is 11.3 Å². The zero-order chi connectivity index (χ0) is 13.4. The van der Waals surface area contributed by atoms with Crippen LogP contribution in [0.25, 0.3) is 0 Å². The predicted octanol–water partition coefficient (Wildman–Crippen LogP) is 2.15. The van der Waals surface area contributed by atoms with Crippen LogP contribution in [0.3, 0.4) is 0 Å². The summed E-state index contributed by atoms with van der Waals surface area (Å²) >= 11 is 1.47. The first kappa shape index (κ1) is 13.1. The SMILES string of the molecule is Cc1ncsc1C(=O)N1CCC[C@H]1[C@@H]1CCCN1C. The Morgan fingerprint density at radius 2 is 2.05 bits per heavy atom. The molecule has 0 bridgehead atoms. The minimum atomic E-state index is 0.197. The van der Waals surface area contributed by atoms with Gasteiger partial charge in [-0.3, -0.25) is 4.79 Å². The fourth-order valence-corrected chi connectivity index (χ4v) is 4.26. The van der Waals surface area contributed by atoms with Crippen molar-refractivity contribution >= 4 is 17.2 Å². The Bertz CT molecular complexity index is 473. The lowest BCUT2D eigenvalue weighted by molar-refractivity contribution is 0.0668. The van der Waals surface area contributed by atoms with Gasteiger partial charge in [-0.1, -0.05) is 0 Å². The van der Waals surface area contributed by atoms with Crippen molar-refractivity contribution in [1.82, 2.24) is 14.8 Å². The van der Waals surface area contributed by atoms with Crippen molar-refractivity contribution in [3.05, 3.63) is 16.1 Å². The Hall–Kier alpha value is -0.940. The summed E-state index contributed by atoms with van der Waals surface area (Å²) in [6.45, 7) is 4.00. The molecule has 2 atom stereocenters. The third-order valence-corrected chi connectivity index (χ3v) is 5.44. The topological polar surface area (TPSA) is 36.4 Å². The van der Waals surface area contributed by atoms with Crippen LogP contribution in [0.5, 0.6) is 0 Å². The summed E-state index contributed by atoms with van der Waals surface area (Å²) in [6, 6.07) is 0.959. The lowest BCUT2D eigenvalue weighted by Gasteiger charge is -2.33. The van der Waals surface area contributed by atoms with Crippen LogP contribution in [0.4, 0.5) is 0 Å². The van der Waals surface area contributed by atoms with E-state index in [-0.39, 0.29) is 5.91 Å². The maximum Gasteiger partial charge on any atom is 0.266 e. The van der Waals surface area contributed by atoms with Gasteiger partial charge in [-0.05, 0) is 46.2 Å². The van der Waals surface area contributed by atoms with Gasteiger partial charge < -0.3 is 9.80 Å². The molecule has 0 aromatic carbocycles. The van der Waals surface area contributed by atoms with Crippen LogP contribution in [-0.2, 0) is 0 Å². The van der Waals surface area contributed by atoms with E-state index in [1.165, 1.54) is 30.7 Å². The first-order chi connectivity index (χ1) is 9.18. The molecule has 2 fully saturated rings. The zero-order valence-electron chi connectivity index (χ0n) is 11.6. The number of hydrogen-bond acceptors (Lipinski definition) is 4. The van der Waals surface area contributed by atoms with Crippen LogP contribution in [0.1, 0.15) is 41.0 Å². The molecule has 3 heterocycles. The van der Waals surface area contributed by atoms with E-state index in [0.29, 0.717) is 12.1 Å². The second-order valence-corrected chi connectivity index (χ2v) is 6.52. The summed E-state index contributed by atoms with van der Waals surface area (Å²) < 4.78 is 0. The molecule has 3 rings (SSSR count). The summed E-state index contributed by atoms with van der Waals surface area (Å²) in [6.07, 6.45) is 4.78. The van der Waals surface area contributed by atoms with Crippen LogP contribution in [0.15, 0.2) is 5.51 Å². The summed E-state index contributed by atoms with van der Waals surface area (Å²) in [5.41, 5.74) is 2.65. The molecule has 4 nitrogen and oxygen atoms in total. The number of aromatic nitrogens is 1. The molecule has 1 amide bonds. The van der Waals surface area contributed by atoms with Gasteiger partial charge in [-0.2, -0.15) is 0 Å². The monoisotopic (exact) mass is 279 g/mol. The van der Waals surface area contributed by atoms with Crippen LogP contribution >= 0.6 is 11.3 Å². The first-order valence-electron chi connectivity index (χ1n) is 7.10. The first-order valence-corrected chi connectivity index (χ1v) is 7.97. The van der Waals surface area contributed by atoms with Crippen molar-refractivity contribution < 1.29 is 4.79 Å². The summed E-state index contributed by atoms with van der Waals surface area (Å²) in [4.78, 5) is 22.2. The summed E-state index contributed by atoms with van der Waals surface area (Å²) in [5, 5.41) is 0. The van der Waals surface area contributed by atoms with Gasteiger partial charge in [0.1, 0.15) is 4.88 Å². The lowest BCUT2D eigenvalue weighted by atomic mass is 10.0. The molecule has 0 aliphatic carbocycles. The van der Waals surface area contributed by atoms with Crippen molar-refractivity contribution in [2.24, 2.45) is 0 Å². The molecule has 1 aromatic rings. The maximum atomic E-state index is 12.7. The Morgan fingerprint density at radius 1 is 1.32 bits per heavy atom. The minimum absolute atomic E-state index is 0.197. The van der Waals surface area contributed by atoms with E-state index in [0.717, 1.165) is 30.0 Å². The fraction of sp³-hybridized carbons (Fsp3) is 0.714. The minimum Gasteiger partial charge on any atom is -0.333 e. The zero-order valence-corrected chi connectivity index (χ0v) is 12.4. The van der Waals surface area contributed by atoms with Crippen molar-refractivity contribution in [3.63, 3.8) is 0 Å². The van der Waals surface area contributed by atoms with E-state index >= 15 is 0 Å². The smallest absolute Gasteiger partial charge is 0.266 e. The average Bonchev–Trinajstić information content (AvgIpc) is 3.07. The molecule has 2 aliphatic rings. The molecule has 0 radical (unpaired) electrons. The Balaban J connectivity index is 1.80. The van der Waals surface area contributed by atoms with Crippen molar-refractivity contribution in [3.8, 4) is 0 Å².